The van der Waals surface area contributed by atoms with E-state index in [1.165, 1.54) is 42.5 Å². The molecule has 31 heavy (non-hydrogen) atoms. The van der Waals surface area contributed by atoms with E-state index in [2.05, 4.69) is 20.5 Å². The monoisotopic (exact) mass is 449 g/mol. The number of carboxylic acid groups (broad SMARTS) is 1. The van der Waals surface area contributed by atoms with E-state index < -0.39 is 16.1 Å². The second-order valence-corrected chi connectivity index (χ2v) is 7.31. The van der Waals surface area contributed by atoms with Crippen LogP contribution in [0.25, 0.3) is 0 Å². The molecule has 0 aliphatic heterocycles. The van der Waals surface area contributed by atoms with Crippen LogP contribution in [0.15, 0.2) is 92.1 Å². The van der Waals surface area contributed by atoms with E-state index in [1.54, 1.807) is 24.3 Å². The van der Waals surface area contributed by atoms with Crippen molar-refractivity contribution >= 4 is 68.4 Å². The van der Waals surface area contributed by atoms with Crippen molar-refractivity contribution in [2.45, 2.75) is 4.90 Å². The number of azo groups is 2. The Morgan fingerprint density at radius 2 is 1.10 bits per heavy atom. The molecule has 0 saturated heterocycles. The summed E-state index contributed by atoms with van der Waals surface area (Å²) in [6.07, 6.45) is 0. The molecule has 12 heteroatoms. The second kappa shape index (κ2) is 10.4. The van der Waals surface area contributed by atoms with Crippen LogP contribution in [0.3, 0.4) is 0 Å². The summed E-state index contributed by atoms with van der Waals surface area (Å²) < 4.78 is 31.0. The smallest absolute Gasteiger partial charge is 0.339 e. The third-order valence-corrected chi connectivity index (χ3v) is 4.62. The molecule has 3 N–H and O–H groups in total. The van der Waals surface area contributed by atoms with Gasteiger partial charge in [0.25, 0.3) is 10.1 Å². The molecule has 0 spiro atoms. The predicted molar refractivity (Wildman–Crippen MR) is 112 cm³/mol. The van der Waals surface area contributed by atoms with Crippen molar-refractivity contribution in [3.8, 4) is 5.75 Å². The second-order valence-electron chi connectivity index (χ2n) is 5.89. The van der Waals surface area contributed by atoms with Gasteiger partial charge in [-0.1, -0.05) is 0 Å². The summed E-state index contributed by atoms with van der Waals surface area (Å²) in [4.78, 5) is 10.8. The first-order valence-electron chi connectivity index (χ1n) is 8.30. The maximum atomic E-state index is 11.0. The number of nitrogens with zero attached hydrogens (tertiary/aromatic N) is 4. The fourth-order valence-electron chi connectivity index (χ4n) is 2.26. The van der Waals surface area contributed by atoms with E-state index in [4.69, 9.17) is 9.66 Å². The van der Waals surface area contributed by atoms with E-state index in [9.17, 15) is 18.3 Å². The average molecular weight is 449 g/mol. The van der Waals surface area contributed by atoms with Crippen LogP contribution in [0.1, 0.15) is 10.4 Å². The fraction of sp³-hybridized carbons (Fsp3) is 0. The van der Waals surface area contributed by atoms with E-state index in [-0.39, 0.29) is 51.5 Å². The molecular formula is C19H14N4NaO6S. The average Bonchev–Trinajstić information content (AvgIpc) is 2.72. The van der Waals surface area contributed by atoms with E-state index in [1.807, 2.05) is 0 Å². The van der Waals surface area contributed by atoms with Gasteiger partial charge in [-0.05, 0) is 66.7 Å². The van der Waals surface area contributed by atoms with Crippen molar-refractivity contribution in [3.05, 3.63) is 72.3 Å². The maximum Gasteiger partial charge on any atom is 0.339 e. The molecule has 0 bridgehead atoms. The molecule has 0 amide bonds. The molecule has 0 fully saturated rings. The maximum absolute atomic E-state index is 11.0. The summed E-state index contributed by atoms with van der Waals surface area (Å²) in [6.45, 7) is 0. The standard InChI is InChI=1S/C19H14N4O6S.Na/c24-18-10-7-15(11-17(18)19(25)26)23-22-13-3-1-12(2-4-13)20-21-14-5-8-16(9-6-14)30(27,28)29;/h1-11,24H,(H,25,26)(H,27,28,29);. The predicted octanol–water partition coefficient (Wildman–Crippen LogP) is 4.79. The molecule has 0 unspecified atom stereocenters. The van der Waals surface area contributed by atoms with Gasteiger partial charge < -0.3 is 10.2 Å². The normalized spacial score (nSPS) is 11.5. The molecule has 0 aliphatic rings. The van der Waals surface area contributed by atoms with Gasteiger partial charge in [0.15, 0.2) is 0 Å². The van der Waals surface area contributed by atoms with Crippen molar-refractivity contribution in [2.24, 2.45) is 20.5 Å². The van der Waals surface area contributed by atoms with Gasteiger partial charge in [0.2, 0.25) is 0 Å². The first-order valence-corrected chi connectivity index (χ1v) is 9.74. The number of hydrogen-bond donors (Lipinski definition) is 3. The first kappa shape index (κ1) is 24.3. The molecule has 0 atom stereocenters. The van der Waals surface area contributed by atoms with Crippen molar-refractivity contribution in [1.82, 2.24) is 0 Å². The minimum absolute atomic E-state index is 0. The third-order valence-electron chi connectivity index (χ3n) is 3.76. The van der Waals surface area contributed by atoms with Gasteiger partial charge in [0, 0.05) is 29.6 Å². The van der Waals surface area contributed by atoms with Crippen LogP contribution < -0.4 is 0 Å². The Labute approximate surface area is 199 Å². The summed E-state index contributed by atoms with van der Waals surface area (Å²) >= 11 is 0. The van der Waals surface area contributed by atoms with Crippen LogP contribution in [0.2, 0.25) is 0 Å². The SMILES string of the molecule is O=C(O)c1cc(N=Nc2ccc(N=Nc3ccc(S(=O)(=O)O)cc3)cc2)ccc1O.[Na]. The summed E-state index contributed by atoms with van der Waals surface area (Å²) in [5.74, 6) is -1.63. The Morgan fingerprint density at radius 1 is 0.710 bits per heavy atom. The minimum atomic E-state index is -4.26. The van der Waals surface area contributed by atoms with E-state index in [0.29, 0.717) is 17.1 Å². The Kier molecular flexibility index (Phi) is 8.14. The molecule has 3 rings (SSSR count). The quantitative estimate of drug-likeness (QED) is 0.278. The Balaban J connectivity index is 0.00000341. The number of hydrogen-bond acceptors (Lipinski definition) is 8. The molecule has 153 valence electrons. The molecule has 1 radical (unpaired) electrons. The van der Waals surface area contributed by atoms with E-state index in [0.717, 1.165) is 0 Å². The molecule has 0 aliphatic carbocycles. The number of carbonyl (C=O) groups is 1. The largest absolute Gasteiger partial charge is 0.507 e. The molecule has 0 heterocycles. The number of carboxylic acids is 1. The molecule has 3 aromatic carbocycles. The van der Waals surface area contributed by atoms with Gasteiger partial charge in [-0.2, -0.15) is 28.9 Å². The number of phenols is 1. The van der Waals surface area contributed by atoms with Gasteiger partial charge in [-0.3, -0.25) is 4.55 Å². The van der Waals surface area contributed by atoms with Crippen LogP contribution in [-0.2, 0) is 10.1 Å². The van der Waals surface area contributed by atoms with Crippen molar-refractivity contribution in [3.63, 3.8) is 0 Å². The first-order chi connectivity index (χ1) is 14.2. The van der Waals surface area contributed by atoms with Crippen molar-refractivity contribution in [2.75, 3.05) is 0 Å². The Morgan fingerprint density at radius 3 is 1.52 bits per heavy atom. The van der Waals surface area contributed by atoms with Crippen molar-refractivity contribution in [1.29, 1.82) is 0 Å². The zero-order valence-corrected chi connectivity index (χ0v) is 18.9. The van der Waals surface area contributed by atoms with Gasteiger partial charge in [-0.25, -0.2) is 4.79 Å². The zero-order chi connectivity index (χ0) is 21.7. The molecule has 10 nitrogen and oxygen atoms in total. The van der Waals surface area contributed by atoms with Crippen molar-refractivity contribution < 1.29 is 28.0 Å². The Bertz CT molecular complexity index is 1240. The van der Waals surface area contributed by atoms with Gasteiger partial charge in [-0.15, -0.1) is 0 Å². The molecular weight excluding hydrogens is 435 g/mol. The van der Waals surface area contributed by atoms with Crippen LogP contribution in [0.5, 0.6) is 5.75 Å². The Hall–Kier alpha value is -2.96. The van der Waals surface area contributed by atoms with Crippen LogP contribution in [-0.4, -0.2) is 58.7 Å². The topological polar surface area (TPSA) is 161 Å². The fourth-order valence-corrected chi connectivity index (χ4v) is 2.74. The van der Waals surface area contributed by atoms with Gasteiger partial charge in [0.1, 0.15) is 11.3 Å². The van der Waals surface area contributed by atoms with Crippen LogP contribution in [0, 0.1) is 0 Å². The summed E-state index contributed by atoms with van der Waals surface area (Å²) in [7, 11) is -4.26. The number of aromatic carboxylic acids is 1. The number of benzene rings is 3. The number of aromatic hydroxyl groups is 1. The van der Waals surface area contributed by atoms with Gasteiger partial charge in [0.05, 0.1) is 27.6 Å². The zero-order valence-electron chi connectivity index (χ0n) is 16.1. The van der Waals surface area contributed by atoms with Gasteiger partial charge >= 0.3 is 5.97 Å². The van der Waals surface area contributed by atoms with Crippen LogP contribution in [0.4, 0.5) is 22.7 Å². The van der Waals surface area contributed by atoms with E-state index >= 15 is 0 Å². The third kappa shape index (κ3) is 6.77. The van der Waals surface area contributed by atoms with Crippen LogP contribution >= 0.6 is 0 Å². The molecule has 3 aromatic rings. The minimum Gasteiger partial charge on any atom is -0.507 e. The molecule has 0 aromatic heterocycles. The summed E-state index contributed by atoms with van der Waals surface area (Å²) in [6, 6.07) is 15.6. The summed E-state index contributed by atoms with van der Waals surface area (Å²) in [5.41, 5.74) is 1.38. The summed E-state index contributed by atoms with van der Waals surface area (Å²) in [5, 5.41) is 34.4. The number of rotatable bonds is 6. The molecule has 0 saturated carbocycles.